The summed E-state index contributed by atoms with van der Waals surface area (Å²) in [5.41, 5.74) is 0.817. The van der Waals surface area contributed by atoms with Crippen molar-refractivity contribution < 1.29 is 14.3 Å². The third kappa shape index (κ3) is 3.57. The van der Waals surface area contributed by atoms with E-state index in [1.807, 2.05) is 13.8 Å². The molecule has 2 N–H and O–H groups in total. The number of para-hydroxylation sites is 1. The Morgan fingerprint density at radius 1 is 1.26 bits per heavy atom. The maximum Gasteiger partial charge on any atom is 0.257 e. The van der Waals surface area contributed by atoms with Crippen LogP contribution in [0.3, 0.4) is 0 Å². The monoisotopic (exact) mass is 463 g/mol. The van der Waals surface area contributed by atoms with Crippen LogP contribution in [0.5, 0.6) is 5.75 Å². The van der Waals surface area contributed by atoms with Crippen molar-refractivity contribution in [2.45, 2.75) is 51.5 Å². The number of hydrogen-bond acceptors (Lipinski definition) is 7. The fourth-order valence-electron chi connectivity index (χ4n) is 4.66. The molecule has 1 aliphatic heterocycles. The maximum atomic E-state index is 12.7. The Morgan fingerprint density at radius 3 is 2.62 bits per heavy atom. The van der Waals surface area contributed by atoms with Gasteiger partial charge in [0.15, 0.2) is 5.75 Å². The molecule has 8 nitrogen and oxygen atoms in total. The lowest BCUT2D eigenvalue weighted by Gasteiger charge is -2.32. The number of nitrogens with one attached hydrogen (secondary N) is 1. The molecule has 1 saturated heterocycles. The maximum absolute atomic E-state index is 12.7. The number of nitrogens with zero attached hydrogens (tertiary/aromatic N) is 2. The van der Waals surface area contributed by atoms with Crippen LogP contribution >= 0.6 is 0 Å². The van der Waals surface area contributed by atoms with Crippen LogP contribution in [0.25, 0.3) is 0 Å². The minimum absolute atomic E-state index is 0.165. The van der Waals surface area contributed by atoms with Crippen molar-refractivity contribution >= 4 is 23.0 Å². The zero-order valence-corrected chi connectivity index (χ0v) is 19.7. The van der Waals surface area contributed by atoms with E-state index in [1.165, 1.54) is 23.3 Å². The van der Waals surface area contributed by atoms with E-state index in [4.69, 9.17) is 4.42 Å². The van der Waals surface area contributed by atoms with Gasteiger partial charge in [-0.1, -0.05) is 13.0 Å². The van der Waals surface area contributed by atoms with Gasteiger partial charge < -0.3 is 24.6 Å². The van der Waals surface area contributed by atoms with Crippen LogP contribution in [0.4, 0.5) is 17.1 Å². The average Bonchev–Trinajstić information content (AvgIpc) is 3.56. The van der Waals surface area contributed by atoms with Gasteiger partial charge in [-0.05, 0) is 62.3 Å². The number of hydrogen-bond donors (Lipinski definition) is 2. The van der Waals surface area contributed by atoms with E-state index in [-0.39, 0.29) is 34.6 Å². The van der Waals surface area contributed by atoms with Gasteiger partial charge in [-0.2, -0.15) is 0 Å². The normalized spacial score (nSPS) is 16.4. The number of aryl methyl sites for hydroxylation is 1. The molecule has 0 spiro atoms. The number of benzene rings is 1. The predicted molar refractivity (Wildman–Crippen MR) is 130 cm³/mol. The highest BCUT2D eigenvalue weighted by Gasteiger charge is 2.32. The predicted octanol–water partition coefficient (Wildman–Crippen LogP) is 3.94. The molecule has 0 radical (unpaired) electrons. The van der Waals surface area contributed by atoms with Crippen molar-refractivity contribution in [1.29, 1.82) is 0 Å². The number of carbonyl (C=O) groups excluding carboxylic acids is 1. The van der Waals surface area contributed by atoms with Crippen LogP contribution in [-0.2, 0) is 0 Å². The molecule has 34 heavy (non-hydrogen) atoms. The summed E-state index contributed by atoms with van der Waals surface area (Å²) in [4.78, 5) is 40.9. The topological polar surface area (TPSA) is 103 Å². The number of rotatable bonds is 8. The molecule has 8 heteroatoms. The molecule has 2 aliphatic rings. The molecule has 5 rings (SSSR count). The van der Waals surface area contributed by atoms with E-state index in [9.17, 15) is 19.5 Å². The molecule has 2 aromatic carbocycles. The lowest BCUT2D eigenvalue weighted by Crippen LogP contribution is -2.42. The number of aromatic hydroxyl groups is 1. The second kappa shape index (κ2) is 8.34. The molecule has 1 amide bonds. The minimum atomic E-state index is -0.631. The molecule has 1 atom stereocenters. The summed E-state index contributed by atoms with van der Waals surface area (Å²) in [7, 11) is 1.61. The standard InChI is InChI=1S/C26H29N3O5/c1-4-18(20-13-17(14(2)34-20)15-9-10-15)27-21-22(25(32)24(21)31)28(3)19-8-5-7-16(23(19)30)26(33)29-11-6-12-29/h5,7-8,13,15,18,27,30H,4,6,9-12H2,1-3H3/t18-/m1/s1. The Labute approximate surface area is 197 Å². The van der Waals surface area contributed by atoms with E-state index < -0.39 is 10.9 Å². The van der Waals surface area contributed by atoms with Gasteiger partial charge in [0.1, 0.15) is 22.9 Å². The van der Waals surface area contributed by atoms with Gasteiger partial charge in [0.2, 0.25) is 0 Å². The summed E-state index contributed by atoms with van der Waals surface area (Å²) in [6.07, 6.45) is 3.94. The second-order valence-electron chi connectivity index (χ2n) is 9.30. The number of likely N-dealkylation sites (tertiary alicyclic amines) is 1. The lowest BCUT2D eigenvalue weighted by atomic mass is 10.0. The summed E-state index contributed by atoms with van der Waals surface area (Å²) in [6, 6.07) is 6.64. The van der Waals surface area contributed by atoms with Crippen molar-refractivity contribution in [3.63, 3.8) is 0 Å². The Hall–Kier alpha value is -3.55. The molecule has 0 unspecified atom stereocenters. The Bertz CT molecular complexity index is 1330. The third-order valence-electron chi connectivity index (χ3n) is 7.03. The van der Waals surface area contributed by atoms with Crippen LogP contribution in [0.1, 0.15) is 72.0 Å². The highest BCUT2D eigenvalue weighted by atomic mass is 16.3. The van der Waals surface area contributed by atoms with Gasteiger partial charge in [-0.15, -0.1) is 0 Å². The molecule has 2 heterocycles. The summed E-state index contributed by atoms with van der Waals surface area (Å²) in [5, 5.41) is 14.1. The van der Waals surface area contributed by atoms with Crippen molar-refractivity contribution in [1.82, 2.24) is 4.90 Å². The number of phenolic OH excluding ortho intramolecular Hbond substituents is 1. The Kier molecular flexibility index (Phi) is 5.46. The molecule has 1 aliphatic carbocycles. The number of amides is 1. The largest absolute Gasteiger partial charge is 0.505 e. The van der Waals surface area contributed by atoms with E-state index in [0.717, 1.165) is 17.9 Å². The summed E-state index contributed by atoms with van der Waals surface area (Å²) in [6.45, 7) is 5.27. The quantitative estimate of drug-likeness (QED) is 0.488. The zero-order chi connectivity index (χ0) is 24.1. The summed E-state index contributed by atoms with van der Waals surface area (Å²) < 4.78 is 6.00. The van der Waals surface area contributed by atoms with E-state index in [0.29, 0.717) is 31.1 Å². The number of anilines is 3. The van der Waals surface area contributed by atoms with Crippen molar-refractivity contribution in [3.8, 4) is 5.75 Å². The fraction of sp³-hybridized carbons (Fsp3) is 0.423. The van der Waals surface area contributed by atoms with Gasteiger partial charge in [0.25, 0.3) is 16.8 Å². The molecule has 0 bridgehead atoms. The van der Waals surface area contributed by atoms with Crippen LogP contribution in [0.15, 0.2) is 38.3 Å². The highest BCUT2D eigenvalue weighted by molar-refractivity contribution is 5.99. The smallest absolute Gasteiger partial charge is 0.257 e. The molecule has 1 saturated carbocycles. The average molecular weight is 464 g/mol. The van der Waals surface area contributed by atoms with Crippen molar-refractivity contribution in [2.75, 3.05) is 30.4 Å². The second-order valence-corrected chi connectivity index (χ2v) is 9.30. The van der Waals surface area contributed by atoms with E-state index in [2.05, 4.69) is 11.4 Å². The molecule has 3 aromatic rings. The first-order valence-corrected chi connectivity index (χ1v) is 11.9. The van der Waals surface area contributed by atoms with Gasteiger partial charge >= 0.3 is 0 Å². The summed E-state index contributed by atoms with van der Waals surface area (Å²) in [5.74, 6) is 1.75. The van der Waals surface area contributed by atoms with Gasteiger partial charge in [0.05, 0.1) is 17.3 Å². The van der Waals surface area contributed by atoms with Crippen LogP contribution in [0.2, 0.25) is 0 Å². The SMILES string of the molecule is CC[C@@H](Nc1c(N(C)c2cccc(C(=O)N3CCC3)c2O)c(=O)c1=O)c1cc(C2CC2)c(C)o1. The van der Waals surface area contributed by atoms with Crippen LogP contribution in [-0.4, -0.2) is 36.1 Å². The first-order valence-electron chi connectivity index (χ1n) is 11.9. The zero-order valence-electron chi connectivity index (χ0n) is 19.7. The highest BCUT2D eigenvalue weighted by Crippen LogP contribution is 2.44. The minimum Gasteiger partial charge on any atom is -0.505 e. The lowest BCUT2D eigenvalue weighted by molar-refractivity contribution is 0.0649. The van der Waals surface area contributed by atoms with Gasteiger partial charge in [0, 0.05) is 20.1 Å². The first kappa shape index (κ1) is 22.3. The van der Waals surface area contributed by atoms with Crippen molar-refractivity contribution in [3.05, 3.63) is 67.4 Å². The first-order chi connectivity index (χ1) is 16.3. The number of carbonyl (C=O) groups is 1. The van der Waals surface area contributed by atoms with Crippen LogP contribution in [0, 0.1) is 6.92 Å². The molecule has 2 fully saturated rings. The number of furan rings is 1. The van der Waals surface area contributed by atoms with E-state index >= 15 is 0 Å². The van der Waals surface area contributed by atoms with Gasteiger partial charge in [-0.3, -0.25) is 14.4 Å². The Morgan fingerprint density at radius 2 is 2.00 bits per heavy atom. The molecular weight excluding hydrogens is 434 g/mol. The molecule has 178 valence electrons. The number of phenols is 1. The summed E-state index contributed by atoms with van der Waals surface area (Å²) >= 11 is 0. The van der Waals surface area contributed by atoms with E-state index in [1.54, 1.807) is 30.1 Å². The van der Waals surface area contributed by atoms with Crippen molar-refractivity contribution in [2.24, 2.45) is 0 Å². The van der Waals surface area contributed by atoms with Gasteiger partial charge in [-0.25, -0.2) is 0 Å². The fourth-order valence-corrected chi connectivity index (χ4v) is 4.66. The van der Waals surface area contributed by atoms with Crippen LogP contribution < -0.4 is 21.1 Å². The third-order valence-corrected chi connectivity index (χ3v) is 7.03. The molecule has 1 aromatic heterocycles. The molecular formula is C26H29N3O5. The Balaban J connectivity index is 1.43.